The first kappa shape index (κ1) is 19.2. The van der Waals surface area contributed by atoms with Gasteiger partial charge in [-0.2, -0.15) is 9.67 Å². The van der Waals surface area contributed by atoms with E-state index in [-0.39, 0.29) is 30.7 Å². The molecule has 0 bridgehead atoms. The third-order valence-electron chi connectivity index (χ3n) is 4.32. The molecule has 0 spiro atoms. The first-order valence-corrected chi connectivity index (χ1v) is 8.97. The number of ether oxygens (including phenoxy) is 1. The summed E-state index contributed by atoms with van der Waals surface area (Å²) in [7, 11) is 0. The minimum Gasteiger partial charge on any atom is -0.489 e. The van der Waals surface area contributed by atoms with E-state index in [0.717, 1.165) is 5.56 Å². The van der Waals surface area contributed by atoms with Crippen molar-refractivity contribution in [3.8, 4) is 17.1 Å². The number of hydrogen-bond donors (Lipinski definition) is 0. The van der Waals surface area contributed by atoms with Gasteiger partial charge in [0.1, 0.15) is 24.7 Å². The lowest BCUT2D eigenvalue weighted by Crippen LogP contribution is -2.04. The maximum atomic E-state index is 13.2. The molecule has 0 aliphatic carbocycles. The molecule has 0 aliphatic heterocycles. The summed E-state index contributed by atoms with van der Waals surface area (Å²) in [5.74, 6) is 0.727. The third kappa shape index (κ3) is 4.32. The fourth-order valence-corrected chi connectivity index (χ4v) is 2.80. The molecule has 10 heteroatoms. The van der Waals surface area contributed by atoms with Crippen LogP contribution in [0.15, 0.2) is 59.1 Å². The average molecular weight is 409 g/mol. The predicted octanol–water partition coefficient (Wildman–Crippen LogP) is 3.92. The van der Waals surface area contributed by atoms with Crippen molar-refractivity contribution in [3.63, 3.8) is 0 Å². The number of halogens is 1. The van der Waals surface area contributed by atoms with Crippen LogP contribution in [-0.2, 0) is 13.2 Å². The summed E-state index contributed by atoms with van der Waals surface area (Å²) in [4.78, 5) is 14.6. The summed E-state index contributed by atoms with van der Waals surface area (Å²) in [6.45, 7) is 2.08. The Balaban J connectivity index is 1.41. The number of aromatic nitrogens is 4. The smallest absolute Gasteiger partial charge is 0.390 e. The van der Waals surface area contributed by atoms with E-state index in [4.69, 9.17) is 9.26 Å². The van der Waals surface area contributed by atoms with Crippen LogP contribution in [0.5, 0.6) is 5.75 Å². The van der Waals surface area contributed by atoms with E-state index in [1.54, 1.807) is 43.3 Å². The summed E-state index contributed by atoms with van der Waals surface area (Å²) in [6.07, 6.45) is 0. The topological polar surface area (TPSA) is 109 Å². The zero-order valence-corrected chi connectivity index (χ0v) is 15.9. The van der Waals surface area contributed by atoms with Crippen molar-refractivity contribution in [1.82, 2.24) is 19.9 Å². The summed E-state index contributed by atoms with van der Waals surface area (Å²) < 4.78 is 25.5. The maximum Gasteiger partial charge on any atom is 0.390 e. The number of hydrogen-bond acceptors (Lipinski definition) is 7. The molecular formula is C20H16FN5O4. The summed E-state index contributed by atoms with van der Waals surface area (Å²) in [6, 6.07) is 14.7. The number of rotatable bonds is 7. The minimum absolute atomic E-state index is 0.126. The second-order valence-corrected chi connectivity index (χ2v) is 6.51. The van der Waals surface area contributed by atoms with E-state index in [0.29, 0.717) is 22.8 Å². The van der Waals surface area contributed by atoms with Gasteiger partial charge in [-0.15, -0.1) is 0 Å². The number of aryl methyl sites for hydroxylation is 1. The van der Waals surface area contributed by atoms with E-state index in [1.807, 2.05) is 0 Å². The van der Waals surface area contributed by atoms with E-state index in [1.165, 1.54) is 22.9 Å². The molecule has 0 amide bonds. The van der Waals surface area contributed by atoms with E-state index < -0.39 is 4.92 Å². The Morgan fingerprint density at radius 3 is 2.70 bits per heavy atom. The van der Waals surface area contributed by atoms with Gasteiger partial charge >= 0.3 is 5.82 Å². The standard InChI is InChI=1S/C20H16FN5O4/c1-13-9-18(26(27)28)23-25(13)11-19-22-20(24-30-19)15-5-7-17(8-6-15)29-12-14-3-2-4-16(21)10-14/h2-10H,11-12H2,1H3. The van der Waals surface area contributed by atoms with Gasteiger partial charge < -0.3 is 19.4 Å². The van der Waals surface area contributed by atoms with Gasteiger partial charge in [0, 0.05) is 5.56 Å². The predicted molar refractivity (Wildman–Crippen MR) is 103 cm³/mol. The van der Waals surface area contributed by atoms with Gasteiger partial charge in [-0.25, -0.2) is 4.39 Å². The zero-order valence-electron chi connectivity index (χ0n) is 15.9. The van der Waals surface area contributed by atoms with E-state index in [2.05, 4.69) is 15.2 Å². The molecule has 9 nitrogen and oxygen atoms in total. The molecule has 2 heterocycles. The molecule has 0 fully saturated rings. The molecule has 0 unspecified atom stereocenters. The van der Waals surface area contributed by atoms with E-state index in [9.17, 15) is 14.5 Å². The van der Waals surface area contributed by atoms with Gasteiger partial charge in [0.05, 0.1) is 16.9 Å². The molecule has 0 saturated carbocycles. The van der Waals surface area contributed by atoms with Crippen molar-refractivity contribution >= 4 is 5.82 Å². The molecule has 0 N–H and O–H groups in total. The SMILES string of the molecule is Cc1cc([N+](=O)[O-])nn1Cc1nc(-c2ccc(OCc3cccc(F)c3)cc2)no1. The molecule has 152 valence electrons. The third-order valence-corrected chi connectivity index (χ3v) is 4.32. The molecule has 4 aromatic rings. The molecular weight excluding hydrogens is 393 g/mol. The Hall–Kier alpha value is -4.08. The number of nitrogens with zero attached hydrogens (tertiary/aromatic N) is 5. The van der Waals surface area contributed by atoms with Crippen LogP contribution in [0.2, 0.25) is 0 Å². The monoisotopic (exact) mass is 409 g/mol. The van der Waals surface area contributed by atoms with Crippen molar-refractivity contribution in [3.05, 3.63) is 87.7 Å². The summed E-state index contributed by atoms with van der Waals surface area (Å²) >= 11 is 0. The van der Waals surface area contributed by atoms with Crippen molar-refractivity contribution in [2.24, 2.45) is 0 Å². The van der Waals surface area contributed by atoms with Crippen LogP contribution in [0.4, 0.5) is 10.2 Å². The van der Waals surface area contributed by atoms with Crippen LogP contribution in [0.3, 0.4) is 0 Å². The van der Waals surface area contributed by atoms with Crippen LogP contribution >= 0.6 is 0 Å². The molecule has 2 aromatic heterocycles. The highest BCUT2D eigenvalue weighted by Crippen LogP contribution is 2.21. The summed E-state index contributed by atoms with van der Waals surface area (Å²) in [5.41, 5.74) is 2.06. The van der Waals surface area contributed by atoms with Crippen LogP contribution < -0.4 is 4.74 Å². The second-order valence-electron chi connectivity index (χ2n) is 6.51. The molecule has 0 saturated heterocycles. The van der Waals surface area contributed by atoms with Gasteiger partial charge in [-0.1, -0.05) is 17.3 Å². The molecule has 0 atom stereocenters. The fourth-order valence-electron chi connectivity index (χ4n) is 2.80. The quantitative estimate of drug-likeness (QED) is 0.336. The normalized spacial score (nSPS) is 10.9. The van der Waals surface area contributed by atoms with Crippen LogP contribution in [0, 0.1) is 22.9 Å². The van der Waals surface area contributed by atoms with E-state index >= 15 is 0 Å². The maximum absolute atomic E-state index is 13.2. The van der Waals surface area contributed by atoms with Gasteiger partial charge in [-0.3, -0.25) is 0 Å². The van der Waals surface area contributed by atoms with Crippen molar-refractivity contribution in [2.75, 3.05) is 0 Å². The lowest BCUT2D eigenvalue weighted by atomic mass is 10.2. The Morgan fingerprint density at radius 1 is 1.20 bits per heavy atom. The molecule has 4 rings (SSSR count). The summed E-state index contributed by atoms with van der Waals surface area (Å²) in [5, 5.41) is 18.7. The van der Waals surface area contributed by atoms with Crippen LogP contribution in [0.25, 0.3) is 11.4 Å². The minimum atomic E-state index is -0.555. The molecule has 30 heavy (non-hydrogen) atoms. The zero-order chi connectivity index (χ0) is 21.1. The molecule has 0 radical (unpaired) electrons. The highest BCUT2D eigenvalue weighted by Gasteiger charge is 2.18. The fraction of sp³-hybridized carbons (Fsp3) is 0.150. The number of benzene rings is 2. The largest absolute Gasteiger partial charge is 0.489 e. The lowest BCUT2D eigenvalue weighted by Gasteiger charge is -2.06. The first-order valence-electron chi connectivity index (χ1n) is 8.97. The van der Waals surface area contributed by atoms with Gasteiger partial charge in [0.25, 0.3) is 5.89 Å². The Labute approximate surface area is 169 Å². The first-order chi connectivity index (χ1) is 14.5. The average Bonchev–Trinajstić information content (AvgIpc) is 3.34. The highest BCUT2D eigenvalue weighted by atomic mass is 19.1. The van der Waals surface area contributed by atoms with Crippen molar-refractivity contribution in [1.29, 1.82) is 0 Å². The van der Waals surface area contributed by atoms with Gasteiger partial charge in [-0.05, 0) is 53.8 Å². The van der Waals surface area contributed by atoms with Crippen molar-refractivity contribution < 1.29 is 18.6 Å². The van der Waals surface area contributed by atoms with Crippen LogP contribution in [0.1, 0.15) is 17.1 Å². The molecule has 2 aromatic carbocycles. The molecule has 0 aliphatic rings. The Bertz CT molecular complexity index is 1190. The van der Waals surface area contributed by atoms with Crippen LogP contribution in [-0.4, -0.2) is 24.8 Å². The number of nitro groups is 1. The highest BCUT2D eigenvalue weighted by molar-refractivity contribution is 5.55. The Morgan fingerprint density at radius 2 is 2.00 bits per heavy atom. The van der Waals surface area contributed by atoms with Gasteiger partial charge in [0.15, 0.2) is 0 Å². The van der Waals surface area contributed by atoms with Gasteiger partial charge in [0.2, 0.25) is 5.82 Å². The second kappa shape index (κ2) is 8.11. The van der Waals surface area contributed by atoms with Crippen molar-refractivity contribution in [2.45, 2.75) is 20.1 Å². The lowest BCUT2D eigenvalue weighted by molar-refractivity contribution is -0.389. The Kier molecular flexibility index (Phi) is 5.21.